The average molecular weight is 447 g/mol. The van der Waals surface area contributed by atoms with Gasteiger partial charge >= 0.3 is 5.97 Å². The summed E-state index contributed by atoms with van der Waals surface area (Å²) in [5.41, 5.74) is 5.23. The molecule has 6 nitrogen and oxygen atoms in total. The van der Waals surface area contributed by atoms with E-state index in [1.54, 1.807) is 12.1 Å². The number of fused-ring (bicyclic) bond motifs is 3. The van der Waals surface area contributed by atoms with Crippen LogP contribution in [0.3, 0.4) is 0 Å². The van der Waals surface area contributed by atoms with Crippen LogP contribution in [-0.4, -0.2) is 39.9 Å². The quantitative estimate of drug-likeness (QED) is 0.530. The van der Waals surface area contributed by atoms with Gasteiger partial charge in [-0.3, -0.25) is 0 Å². The Bertz CT molecular complexity index is 1100. The summed E-state index contributed by atoms with van der Waals surface area (Å²) in [4.78, 5) is 15.9. The second kappa shape index (κ2) is 9.49. The number of aliphatic hydroxyl groups excluding tert-OH is 1. The summed E-state index contributed by atoms with van der Waals surface area (Å²) in [5, 5.41) is 11.1. The lowest BCUT2D eigenvalue weighted by molar-refractivity contribution is -0.0160. The lowest BCUT2D eigenvalue weighted by Gasteiger charge is -2.32. The highest BCUT2D eigenvalue weighted by atomic mass is 16.5. The van der Waals surface area contributed by atoms with Crippen molar-refractivity contribution in [3.63, 3.8) is 0 Å². The molecule has 0 radical (unpaired) electrons. The summed E-state index contributed by atoms with van der Waals surface area (Å²) in [6, 6.07) is 15.9. The number of rotatable bonds is 7. The van der Waals surface area contributed by atoms with Crippen LogP contribution in [0.4, 0.5) is 0 Å². The largest absolute Gasteiger partial charge is 0.465 e. The maximum Gasteiger partial charge on any atom is 0.337 e. The Morgan fingerprint density at radius 1 is 1.12 bits per heavy atom. The molecule has 2 aromatic carbocycles. The third kappa shape index (κ3) is 4.45. The van der Waals surface area contributed by atoms with Crippen molar-refractivity contribution in [2.45, 2.75) is 57.0 Å². The minimum atomic E-state index is -0.344. The van der Waals surface area contributed by atoms with Crippen LogP contribution in [0.15, 0.2) is 61.1 Å². The van der Waals surface area contributed by atoms with E-state index < -0.39 is 0 Å². The van der Waals surface area contributed by atoms with Gasteiger partial charge in [0.05, 0.1) is 55.7 Å². The van der Waals surface area contributed by atoms with Crippen LogP contribution in [0.1, 0.15) is 59.6 Å². The fraction of sp³-hybridized carbons (Fsp3) is 0.407. The number of benzene rings is 2. The molecule has 1 aliphatic heterocycles. The molecule has 1 N–H and O–H groups in total. The van der Waals surface area contributed by atoms with Crippen molar-refractivity contribution in [2.24, 2.45) is 5.92 Å². The summed E-state index contributed by atoms with van der Waals surface area (Å²) in [7, 11) is 1.38. The molecule has 6 heteroatoms. The second-order valence-corrected chi connectivity index (χ2v) is 9.13. The van der Waals surface area contributed by atoms with Gasteiger partial charge in [-0.25, -0.2) is 9.78 Å². The van der Waals surface area contributed by atoms with E-state index in [9.17, 15) is 9.90 Å². The minimum Gasteiger partial charge on any atom is -0.465 e. The molecule has 2 aliphatic rings. The first-order chi connectivity index (χ1) is 16.1. The van der Waals surface area contributed by atoms with Gasteiger partial charge < -0.3 is 19.1 Å². The summed E-state index contributed by atoms with van der Waals surface area (Å²) in [5.74, 6) is -0.0337. The first kappa shape index (κ1) is 21.9. The smallest absolute Gasteiger partial charge is 0.337 e. The Morgan fingerprint density at radius 2 is 1.88 bits per heavy atom. The monoisotopic (exact) mass is 446 g/mol. The number of esters is 1. The van der Waals surface area contributed by atoms with Crippen LogP contribution in [0.5, 0.6) is 0 Å². The topological polar surface area (TPSA) is 73.6 Å². The summed E-state index contributed by atoms with van der Waals surface area (Å²) < 4.78 is 13.1. The molecule has 2 heterocycles. The highest BCUT2D eigenvalue weighted by Crippen LogP contribution is 2.42. The van der Waals surface area contributed by atoms with Crippen molar-refractivity contribution >= 4 is 5.97 Å². The number of methoxy groups -OCH3 is 1. The lowest BCUT2D eigenvalue weighted by atomic mass is 9.81. The maximum atomic E-state index is 11.6. The molecule has 0 spiro atoms. The van der Waals surface area contributed by atoms with E-state index in [1.165, 1.54) is 18.2 Å². The van der Waals surface area contributed by atoms with E-state index in [4.69, 9.17) is 9.47 Å². The van der Waals surface area contributed by atoms with Crippen LogP contribution in [0.25, 0.3) is 11.3 Å². The van der Waals surface area contributed by atoms with Crippen molar-refractivity contribution in [3.8, 4) is 11.3 Å². The van der Waals surface area contributed by atoms with Crippen LogP contribution in [-0.2, 0) is 16.1 Å². The molecule has 2 unspecified atom stereocenters. The number of carbonyl (C=O) groups excluding carboxylic acids is 1. The van der Waals surface area contributed by atoms with Gasteiger partial charge in [-0.2, -0.15) is 0 Å². The molecule has 0 bridgehead atoms. The van der Waals surface area contributed by atoms with E-state index in [0.29, 0.717) is 24.5 Å². The molecule has 1 fully saturated rings. The highest BCUT2D eigenvalue weighted by molar-refractivity contribution is 5.89. The predicted octanol–water partition coefficient (Wildman–Crippen LogP) is 4.77. The third-order valence-corrected chi connectivity index (χ3v) is 7.19. The van der Waals surface area contributed by atoms with Gasteiger partial charge in [0.15, 0.2) is 0 Å². The lowest BCUT2D eigenvalue weighted by Crippen LogP contribution is -2.30. The fourth-order valence-corrected chi connectivity index (χ4v) is 5.30. The van der Waals surface area contributed by atoms with Gasteiger partial charge in [0, 0.05) is 5.56 Å². The molecule has 1 saturated carbocycles. The third-order valence-electron chi connectivity index (χ3n) is 7.19. The van der Waals surface area contributed by atoms with E-state index in [0.717, 1.165) is 36.9 Å². The molecule has 3 aromatic rings. The minimum absolute atomic E-state index is 0.149. The number of nitrogens with zero attached hydrogens (tertiary/aromatic N) is 2. The standard InChI is InChI=1S/C27H30N2O4/c1-32-27(31)20-8-6-18(7-9-20)16-33-21-12-10-19(11-13-21)26(30)14-24-22-4-2-3-5-23(22)25-15-28-17-29(24)25/h2-9,15,17,19,21,24,26,30H,10-14,16H2,1H3. The zero-order valence-corrected chi connectivity index (χ0v) is 18.9. The molecule has 0 saturated heterocycles. The van der Waals surface area contributed by atoms with Crippen molar-refractivity contribution < 1.29 is 19.4 Å². The first-order valence-corrected chi connectivity index (χ1v) is 11.7. The Hall–Kier alpha value is -2.96. The molecule has 33 heavy (non-hydrogen) atoms. The van der Waals surface area contributed by atoms with Crippen molar-refractivity contribution in [3.05, 3.63) is 77.7 Å². The number of aliphatic hydroxyl groups is 1. The van der Waals surface area contributed by atoms with Crippen molar-refractivity contribution in [1.29, 1.82) is 0 Å². The van der Waals surface area contributed by atoms with E-state index >= 15 is 0 Å². The Kier molecular flexibility index (Phi) is 6.29. The number of ether oxygens (including phenoxy) is 2. The van der Waals surface area contributed by atoms with Crippen molar-refractivity contribution in [2.75, 3.05) is 7.11 Å². The van der Waals surface area contributed by atoms with Gasteiger partial charge in [-0.05, 0) is 61.3 Å². The van der Waals surface area contributed by atoms with Crippen LogP contribution in [0, 0.1) is 5.92 Å². The molecular weight excluding hydrogens is 416 g/mol. The van der Waals surface area contributed by atoms with E-state index in [1.807, 2.05) is 24.7 Å². The molecule has 172 valence electrons. The highest BCUT2D eigenvalue weighted by Gasteiger charge is 2.33. The Morgan fingerprint density at radius 3 is 2.64 bits per heavy atom. The van der Waals surface area contributed by atoms with Gasteiger partial charge in [-0.15, -0.1) is 0 Å². The van der Waals surface area contributed by atoms with Gasteiger partial charge in [0.1, 0.15) is 0 Å². The fourth-order valence-electron chi connectivity index (χ4n) is 5.30. The summed E-state index contributed by atoms with van der Waals surface area (Å²) in [6.07, 6.45) is 8.23. The predicted molar refractivity (Wildman–Crippen MR) is 125 cm³/mol. The summed E-state index contributed by atoms with van der Waals surface area (Å²) >= 11 is 0. The number of hydrogen-bond donors (Lipinski definition) is 1. The van der Waals surface area contributed by atoms with E-state index in [-0.39, 0.29) is 24.2 Å². The van der Waals surface area contributed by atoms with Crippen LogP contribution >= 0.6 is 0 Å². The Balaban J connectivity index is 1.12. The molecule has 5 rings (SSSR count). The number of aromatic nitrogens is 2. The van der Waals surface area contributed by atoms with Gasteiger partial charge in [0.2, 0.25) is 0 Å². The zero-order chi connectivity index (χ0) is 22.8. The SMILES string of the molecule is COC(=O)c1ccc(COC2CCC(C(O)CC3c4ccccc4-c4cncn43)CC2)cc1. The molecule has 1 aromatic heterocycles. The second-order valence-electron chi connectivity index (χ2n) is 9.13. The van der Waals surface area contributed by atoms with Gasteiger partial charge in [-0.1, -0.05) is 36.4 Å². The molecule has 2 atom stereocenters. The van der Waals surface area contributed by atoms with Gasteiger partial charge in [0.25, 0.3) is 0 Å². The number of imidazole rings is 1. The first-order valence-electron chi connectivity index (χ1n) is 11.7. The van der Waals surface area contributed by atoms with Crippen molar-refractivity contribution in [1.82, 2.24) is 9.55 Å². The van der Waals surface area contributed by atoms with E-state index in [2.05, 4.69) is 33.8 Å². The summed E-state index contributed by atoms with van der Waals surface area (Å²) in [6.45, 7) is 0.529. The normalized spacial score (nSPS) is 22.4. The Labute approximate surface area is 194 Å². The molecular formula is C27H30N2O4. The van der Waals surface area contributed by atoms with Crippen LogP contribution in [0.2, 0.25) is 0 Å². The molecule has 0 amide bonds. The molecule has 1 aliphatic carbocycles. The average Bonchev–Trinajstić information content (AvgIpc) is 3.45. The maximum absolute atomic E-state index is 11.6. The number of hydrogen-bond acceptors (Lipinski definition) is 5. The number of carbonyl (C=O) groups is 1. The van der Waals surface area contributed by atoms with Crippen LogP contribution < -0.4 is 0 Å². The zero-order valence-electron chi connectivity index (χ0n) is 18.9.